The maximum absolute atomic E-state index is 13.2. The van der Waals surface area contributed by atoms with E-state index < -0.39 is 11.9 Å². The van der Waals surface area contributed by atoms with Gasteiger partial charge in [0.25, 0.3) is 5.91 Å². The predicted octanol–water partition coefficient (Wildman–Crippen LogP) is 5.41. The average molecular weight is 436 g/mol. The average Bonchev–Trinajstić information content (AvgIpc) is 3.05. The van der Waals surface area contributed by atoms with Gasteiger partial charge in [0, 0.05) is 17.1 Å². The topological polar surface area (TPSA) is 59.0 Å². The van der Waals surface area contributed by atoms with Crippen molar-refractivity contribution < 1.29 is 19.4 Å². The minimum atomic E-state index is -0.468. The molecule has 6 heteroatoms. The van der Waals surface area contributed by atoms with Crippen molar-refractivity contribution in [2.75, 3.05) is 14.2 Å². The zero-order chi connectivity index (χ0) is 22.0. The number of nitrogens with zero attached hydrogens (tertiary/aromatic N) is 1. The number of amides is 1. The first-order valence-electron chi connectivity index (χ1n) is 9.78. The van der Waals surface area contributed by atoms with Gasteiger partial charge in [-0.3, -0.25) is 4.79 Å². The highest BCUT2D eigenvalue weighted by Crippen LogP contribution is 2.44. The van der Waals surface area contributed by atoms with Gasteiger partial charge >= 0.3 is 0 Å². The number of ether oxygens (including phenoxy) is 2. The smallest absolute Gasteiger partial charge is 0.290 e. The highest BCUT2D eigenvalue weighted by molar-refractivity contribution is 6.30. The van der Waals surface area contributed by atoms with Crippen molar-refractivity contribution in [3.8, 4) is 11.5 Å². The minimum Gasteiger partial charge on any atom is -0.503 e. The van der Waals surface area contributed by atoms with Crippen LogP contribution in [0.1, 0.15) is 22.7 Å². The Balaban J connectivity index is 1.78. The lowest BCUT2D eigenvalue weighted by Crippen LogP contribution is -2.29. The van der Waals surface area contributed by atoms with Gasteiger partial charge < -0.3 is 19.5 Å². The summed E-state index contributed by atoms with van der Waals surface area (Å²) in [5.74, 6) is 0.728. The fourth-order valence-corrected chi connectivity index (χ4v) is 3.97. The van der Waals surface area contributed by atoms with Gasteiger partial charge in [0.05, 0.1) is 20.3 Å². The van der Waals surface area contributed by atoms with Gasteiger partial charge in [-0.2, -0.15) is 0 Å². The predicted molar refractivity (Wildman–Crippen MR) is 120 cm³/mol. The van der Waals surface area contributed by atoms with Gasteiger partial charge in [-0.05, 0) is 53.1 Å². The molecule has 0 spiro atoms. The summed E-state index contributed by atoms with van der Waals surface area (Å²) in [5, 5.41) is 11.5. The summed E-state index contributed by atoms with van der Waals surface area (Å²) in [6, 6.07) is 21.7. The van der Waals surface area contributed by atoms with Crippen LogP contribution in [-0.2, 0) is 11.3 Å². The Labute approximate surface area is 186 Å². The first-order valence-corrected chi connectivity index (χ1v) is 10.2. The van der Waals surface area contributed by atoms with Crippen molar-refractivity contribution in [1.82, 2.24) is 4.90 Å². The third-order valence-electron chi connectivity index (χ3n) is 5.38. The summed E-state index contributed by atoms with van der Waals surface area (Å²) >= 11 is 6.09. The minimum absolute atomic E-state index is 0.256. The number of methoxy groups -OCH3 is 2. The van der Waals surface area contributed by atoms with Gasteiger partial charge in [-0.1, -0.05) is 48.0 Å². The second-order valence-corrected chi connectivity index (χ2v) is 7.67. The van der Waals surface area contributed by atoms with Gasteiger partial charge in [0.2, 0.25) is 0 Å². The Morgan fingerprint density at radius 3 is 2.26 bits per heavy atom. The zero-order valence-corrected chi connectivity index (χ0v) is 18.0. The van der Waals surface area contributed by atoms with Crippen molar-refractivity contribution in [2.45, 2.75) is 12.6 Å². The lowest BCUT2D eigenvalue weighted by atomic mass is 9.93. The Bertz CT molecular complexity index is 1120. The van der Waals surface area contributed by atoms with Crippen LogP contribution in [0.25, 0.3) is 5.57 Å². The summed E-state index contributed by atoms with van der Waals surface area (Å²) in [7, 11) is 3.20. The van der Waals surface area contributed by atoms with E-state index in [1.54, 1.807) is 31.3 Å². The molecular weight excluding hydrogens is 414 g/mol. The number of carbonyl (C=O) groups is 1. The van der Waals surface area contributed by atoms with E-state index >= 15 is 0 Å². The van der Waals surface area contributed by atoms with Crippen LogP contribution in [0.3, 0.4) is 0 Å². The maximum atomic E-state index is 13.2. The monoisotopic (exact) mass is 435 g/mol. The third-order valence-corrected chi connectivity index (χ3v) is 5.63. The highest BCUT2D eigenvalue weighted by Gasteiger charge is 2.41. The first-order chi connectivity index (χ1) is 15.0. The molecule has 0 saturated heterocycles. The molecule has 5 nitrogen and oxygen atoms in total. The largest absolute Gasteiger partial charge is 0.503 e. The third kappa shape index (κ3) is 4.09. The molecule has 158 valence electrons. The van der Waals surface area contributed by atoms with E-state index in [0.717, 1.165) is 16.7 Å². The van der Waals surface area contributed by atoms with Crippen LogP contribution >= 0.6 is 11.6 Å². The van der Waals surface area contributed by atoms with E-state index in [0.29, 0.717) is 28.6 Å². The van der Waals surface area contributed by atoms with Crippen molar-refractivity contribution in [2.24, 2.45) is 0 Å². The van der Waals surface area contributed by atoms with Crippen LogP contribution in [0.4, 0.5) is 0 Å². The second-order valence-electron chi connectivity index (χ2n) is 7.23. The number of rotatable bonds is 6. The lowest BCUT2D eigenvalue weighted by molar-refractivity contribution is -0.130. The molecule has 1 N–H and O–H groups in total. The SMILES string of the molecule is COc1ccc(C2=C(O)C(=O)N(Cc3cccc(OC)c3)[C@@H]2c2ccc(Cl)cc2)cc1. The molecule has 1 aliphatic heterocycles. The summed E-state index contributed by atoms with van der Waals surface area (Å²) in [6.07, 6.45) is 0. The molecule has 1 atom stereocenters. The molecule has 0 fully saturated rings. The van der Waals surface area contributed by atoms with Crippen molar-refractivity contribution in [1.29, 1.82) is 0 Å². The van der Waals surface area contributed by atoms with Crippen LogP contribution in [0, 0.1) is 0 Å². The normalized spacial score (nSPS) is 16.0. The summed E-state index contributed by atoms with van der Waals surface area (Å²) in [4.78, 5) is 14.8. The van der Waals surface area contributed by atoms with Crippen molar-refractivity contribution in [3.05, 3.63) is 100 Å². The van der Waals surface area contributed by atoms with Gasteiger partial charge in [-0.15, -0.1) is 0 Å². The summed E-state index contributed by atoms with van der Waals surface area (Å²) in [6.45, 7) is 0.313. The molecule has 4 rings (SSSR count). The molecule has 3 aromatic carbocycles. The quantitative estimate of drug-likeness (QED) is 0.562. The maximum Gasteiger partial charge on any atom is 0.290 e. The molecule has 0 unspecified atom stereocenters. The van der Waals surface area contributed by atoms with E-state index in [1.165, 1.54) is 0 Å². The van der Waals surface area contributed by atoms with Gasteiger partial charge in [-0.25, -0.2) is 0 Å². The molecule has 3 aromatic rings. The zero-order valence-electron chi connectivity index (χ0n) is 17.2. The molecule has 0 aliphatic carbocycles. The number of aliphatic hydroxyl groups is 1. The molecule has 31 heavy (non-hydrogen) atoms. The molecule has 0 aromatic heterocycles. The van der Waals surface area contributed by atoms with E-state index in [2.05, 4.69) is 0 Å². The first kappa shape index (κ1) is 20.8. The second kappa shape index (κ2) is 8.74. The number of aliphatic hydroxyl groups excluding tert-OH is 1. The van der Waals surface area contributed by atoms with E-state index in [4.69, 9.17) is 21.1 Å². The number of benzene rings is 3. The van der Waals surface area contributed by atoms with Gasteiger partial charge in [0.15, 0.2) is 5.76 Å². The fraction of sp³-hybridized carbons (Fsp3) is 0.160. The number of carbonyl (C=O) groups excluding carboxylic acids is 1. The Morgan fingerprint density at radius 1 is 0.935 bits per heavy atom. The van der Waals surface area contributed by atoms with Crippen LogP contribution in [0.5, 0.6) is 11.5 Å². The standard InChI is InChI=1S/C25H22ClNO4/c1-30-20-12-8-17(9-13-20)22-23(18-6-10-19(26)11-7-18)27(25(29)24(22)28)15-16-4-3-5-21(14-16)31-2/h3-14,23,28H,15H2,1-2H3/t23-/m1/s1. The van der Waals surface area contributed by atoms with Crippen LogP contribution in [0.2, 0.25) is 5.02 Å². The number of hydrogen-bond donors (Lipinski definition) is 1. The van der Waals surface area contributed by atoms with Crippen LogP contribution in [0.15, 0.2) is 78.6 Å². The Hall–Kier alpha value is -3.44. The molecule has 1 heterocycles. The molecule has 0 radical (unpaired) electrons. The van der Waals surface area contributed by atoms with Crippen LogP contribution in [-0.4, -0.2) is 30.1 Å². The van der Waals surface area contributed by atoms with E-state index in [-0.39, 0.29) is 5.76 Å². The molecule has 0 bridgehead atoms. The number of hydrogen-bond acceptors (Lipinski definition) is 4. The van der Waals surface area contributed by atoms with E-state index in [9.17, 15) is 9.90 Å². The van der Waals surface area contributed by atoms with E-state index in [1.807, 2.05) is 60.7 Å². The molecular formula is C25H22ClNO4. The highest BCUT2D eigenvalue weighted by atomic mass is 35.5. The molecule has 1 aliphatic rings. The summed E-state index contributed by atoms with van der Waals surface area (Å²) < 4.78 is 10.6. The molecule has 1 amide bonds. The molecule has 0 saturated carbocycles. The fourth-order valence-electron chi connectivity index (χ4n) is 3.84. The van der Waals surface area contributed by atoms with Crippen LogP contribution < -0.4 is 9.47 Å². The Kier molecular flexibility index (Phi) is 5.87. The number of halogens is 1. The lowest BCUT2D eigenvalue weighted by Gasteiger charge is -2.27. The summed E-state index contributed by atoms with van der Waals surface area (Å²) in [5.41, 5.74) is 3.06. The van der Waals surface area contributed by atoms with Gasteiger partial charge in [0.1, 0.15) is 11.5 Å². The Morgan fingerprint density at radius 2 is 1.61 bits per heavy atom. The van der Waals surface area contributed by atoms with Crippen molar-refractivity contribution in [3.63, 3.8) is 0 Å². The van der Waals surface area contributed by atoms with Crippen molar-refractivity contribution >= 4 is 23.1 Å².